The lowest BCUT2D eigenvalue weighted by atomic mass is 9.96. The van der Waals surface area contributed by atoms with Gasteiger partial charge in [-0.15, -0.1) is 10.2 Å². The van der Waals surface area contributed by atoms with E-state index >= 15 is 0 Å². The molecule has 1 fully saturated rings. The number of aromatic hydroxyl groups is 1. The van der Waals surface area contributed by atoms with E-state index in [4.69, 9.17) is 34.8 Å². The summed E-state index contributed by atoms with van der Waals surface area (Å²) in [5, 5.41) is 19.3. The Morgan fingerprint density at radius 2 is 1.89 bits per heavy atom. The standard InChI is InChI=1S/C19H21Cl3N4O2/c20-12-9-13(21)17(27)15(16(12)22)19(28)25-7-4-5-11(10-25)18-24-23-14-6-2-1-3-8-26(14)18/h9,11,27H,1-8,10H2. The summed E-state index contributed by atoms with van der Waals surface area (Å²) in [4.78, 5) is 14.8. The van der Waals surface area contributed by atoms with Crippen LogP contribution in [0.2, 0.25) is 15.1 Å². The van der Waals surface area contributed by atoms with E-state index in [-0.39, 0.29) is 38.2 Å². The number of hydrogen-bond acceptors (Lipinski definition) is 4. The molecular formula is C19H21Cl3N4O2. The predicted molar refractivity (Wildman–Crippen MR) is 109 cm³/mol. The molecule has 1 unspecified atom stereocenters. The monoisotopic (exact) mass is 442 g/mol. The molecule has 0 bridgehead atoms. The van der Waals surface area contributed by atoms with Crippen molar-refractivity contribution in [1.82, 2.24) is 19.7 Å². The Kier molecular flexibility index (Phi) is 5.72. The van der Waals surface area contributed by atoms with Crippen molar-refractivity contribution in [2.75, 3.05) is 13.1 Å². The molecule has 2 aromatic rings. The maximum atomic E-state index is 13.1. The van der Waals surface area contributed by atoms with Gasteiger partial charge in [0.05, 0.1) is 15.1 Å². The van der Waals surface area contributed by atoms with Crippen LogP contribution in [-0.4, -0.2) is 43.8 Å². The largest absolute Gasteiger partial charge is 0.505 e. The molecule has 0 aliphatic carbocycles. The van der Waals surface area contributed by atoms with E-state index < -0.39 is 0 Å². The van der Waals surface area contributed by atoms with E-state index in [9.17, 15) is 9.90 Å². The highest BCUT2D eigenvalue weighted by molar-refractivity contribution is 6.45. The highest BCUT2D eigenvalue weighted by atomic mass is 35.5. The number of aryl methyl sites for hydroxylation is 1. The fourth-order valence-electron chi connectivity index (χ4n) is 4.12. The molecule has 28 heavy (non-hydrogen) atoms. The molecule has 0 spiro atoms. The fourth-order valence-corrected chi connectivity index (χ4v) is 4.81. The number of nitrogens with zero attached hydrogens (tertiary/aromatic N) is 4. The Morgan fingerprint density at radius 3 is 2.71 bits per heavy atom. The molecule has 2 aliphatic heterocycles. The third kappa shape index (κ3) is 3.58. The topological polar surface area (TPSA) is 71.2 Å². The van der Waals surface area contributed by atoms with Gasteiger partial charge in [0, 0.05) is 32.0 Å². The number of phenolic OH excluding ortho intramolecular Hbond substituents is 1. The second-order valence-electron chi connectivity index (χ2n) is 7.40. The summed E-state index contributed by atoms with van der Waals surface area (Å²) in [6.07, 6.45) is 6.19. The van der Waals surface area contributed by atoms with Gasteiger partial charge in [-0.1, -0.05) is 41.2 Å². The summed E-state index contributed by atoms with van der Waals surface area (Å²) in [5.41, 5.74) is -0.0418. The van der Waals surface area contributed by atoms with Crippen molar-refractivity contribution in [3.8, 4) is 5.75 Å². The van der Waals surface area contributed by atoms with Crippen molar-refractivity contribution in [2.45, 2.75) is 51.0 Å². The zero-order valence-corrected chi connectivity index (χ0v) is 17.6. The number of carbonyl (C=O) groups excluding carboxylic acids is 1. The first kappa shape index (κ1) is 19.8. The van der Waals surface area contributed by atoms with Crippen LogP contribution in [-0.2, 0) is 13.0 Å². The van der Waals surface area contributed by atoms with E-state index in [1.54, 1.807) is 4.90 Å². The lowest BCUT2D eigenvalue weighted by molar-refractivity contribution is 0.0700. The van der Waals surface area contributed by atoms with Gasteiger partial charge in [-0.05, 0) is 31.7 Å². The minimum Gasteiger partial charge on any atom is -0.505 e. The van der Waals surface area contributed by atoms with Gasteiger partial charge in [-0.2, -0.15) is 0 Å². The summed E-state index contributed by atoms with van der Waals surface area (Å²) < 4.78 is 2.23. The Labute approximate surface area is 178 Å². The molecule has 1 aromatic carbocycles. The molecule has 150 valence electrons. The van der Waals surface area contributed by atoms with Crippen molar-refractivity contribution in [1.29, 1.82) is 0 Å². The van der Waals surface area contributed by atoms with Crippen molar-refractivity contribution < 1.29 is 9.90 Å². The van der Waals surface area contributed by atoms with Crippen molar-refractivity contribution in [3.63, 3.8) is 0 Å². The first-order valence-corrected chi connectivity index (χ1v) is 10.7. The molecule has 1 atom stereocenters. The van der Waals surface area contributed by atoms with Crippen molar-refractivity contribution in [3.05, 3.63) is 38.3 Å². The number of fused-ring (bicyclic) bond motifs is 1. The molecule has 0 saturated carbocycles. The summed E-state index contributed by atoms with van der Waals surface area (Å²) >= 11 is 18.3. The molecule has 1 N–H and O–H groups in total. The minimum absolute atomic E-state index is 0.00841. The Morgan fingerprint density at radius 1 is 1.07 bits per heavy atom. The van der Waals surface area contributed by atoms with E-state index in [1.165, 1.54) is 12.5 Å². The number of piperidine rings is 1. The molecule has 3 heterocycles. The van der Waals surface area contributed by atoms with Crippen molar-refractivity contribution in [2.24, 2.45) is 0 Å². The van der Waals surface area contributed by atoms with Gasteiger partial charge in [0.25, 0.3) is 5.91 Å². The zero-order valence-electron chi connectivity index (χ0n) is 15.3. The number of rotatable bonds is 2. The fraction of sp³-hybridized carbons (Fsp3) is 0.526. The van der Waals surface area contributed by atoms with Gasteiger partial charge in [0.2, 0.25) is 0 Å². The molecule has 9 heteroatoms. The number of amides is 1. The average Bonchev–Trinajstić information content (AvgIpc) is 2.95. The quantitative estimate of drug-likeness (QED) is 0.684. The zero-order chi connectivity index (χ0) is 19.8. The second kappa shape index (κ2) is 8.09. The molecule has 2 aliphatic rings. The maximum absolute atomic E-state index is 13.1. The first-order valence-electron chi connectivity index (χ1n) is 9.55. The van der Waals surface area contributed by atoms with Gasteiger partial charge >= 0.3 is 0 Å². The number of phenols is 1. The summed E-state index contributed by atoms with van der Waals surface area (Å²) in [5.74, 6) is 1.39. The second-order valence-corrected chi connectivity index (χ2v) is 8.60. The number of benzene rings is 1. The van der Waals surface area contributed by atoms with Crippen LogP contribution in [0.5, 0.6) is 5.75 Å². The molecule has 6 nitrogen and oxygen atoms in total. The molecule has 1 saturated heterocycles. The molecular weight excluding hydrogens is 423 g/mol. The SMILES string of the molecule is O=C(c1c(O)c(Cl)cc(Cl)c1Cl)N1CCCC(c2nnc3n2CCCCC3)C1. The first-order chi connectivity index (χ1) is 13.5. The summed E-state index contributed by atoms with van der Waals surface area (Å²) in [6.45, 7) is 2.01. The van der Waals surface area contributed by atoms with E-state index in [0.717, 1.165) is 50.3 Å². The van der Waals surface area contributed by atoms with Gasteiger partial charge in [-0.25, -0.2) is 0 Å². The molecule has 1 aromatic heterocycles. The molecule has 1 amide bonds. The number of carbonyl (C=O) groups is 1. The lowest BCUT2D eigenvalue weighted by Crippen LogP contribution is -2.40. The highest BCUT2D eigenvalue weighted by Gasteiger charge is 2.32. The smallest absolute Gasteiger partial charge is 0.259 e. The van der Waals surface area contributed by atoms with Crippen molar-refractivity contribution >= 4 is 40.7 Å². The molecule has 4 rings (SSSR count). The normalized spacial score (nSPS) is 20.0. The van der Waals surface area contributed by atoms with Crippen LogP contribution < -0.4 is 0 Å². The van der Waals surface area contributed by atoms with Crippen LogP contribution >= 0.6 is 34.8 Å². The number of hydrogen-bond donors (Lipinski definition) is 1. The van der Waals surface area contributed by atoms with E-state index in [1.807, 2.05) is 0 Å². The van der Waals surface area contributed by atoms with Crippen LogP contribution in [0.3, 0.4) is 0 Å². The number of halogens is 3. The summed E-state index contributed by atoms with van der Waals surface area (Å²) in [7, 11) is 0. The highest BCUT2D eigenvalue weighted by Crippen LogP contribution is 2.40. The minimum atomic E-state index is -0.368. The summed E-state index contributed by atoms with van der Waals surface area (Å²) in [6, 6.07) is 1.34. The average molecular weight is 444 g/mol. The van der Waals surface area contributed by atoms with Crippen LogP contribution in [0.15, 0.2) is 6.07 Å². The van der Waals surface area contributed by atoms with E-state index in [0.29, 0.717) is 13.1 Å². The Balaban J connectivity index is 1.60. The van der Waals surface area contributed by atoms with Crippen LogP contribution in [0.25, 0.3) is 0 Å². The number of likely N-dealkylation sites (tertiary alicyclic amines) is 1. The number of aromatic nitrogens is 3. The Hall–Kier alpha value is -1.50. The third-order valence-electron chi connectivity index (χ3n) is 5.57. The molecule has 0 radical (unpaired) electrons. The van der Waals surface area contributed by atoms with Crippen LogP contribution in [0.1, 0.15) is 60.0 Å². The van der Waals surface area contributed by atoms with Gasteiger partial charge in [-0.3, -0.25) is 4.79 Å². The van der Waals surface area contributed by atoms with Crippen LogP contribution in [0.4, 0.5) is 0 Å². The maximum Gasteiger partial charge on any atom is 0.259 e. The predicted octanol–water partition coefficient (Wildman–Crippen LogP) is 4.69. The lowest BCUT2D eigenvalue weighted by Gasteiger charge is -2.33. The third-order valence-corrected chi connectivity index (χ3v) is 6.65. The Bertz CT molecular complexity index is 889. The van der Waals surface area contributed by atoms with E-state index in [2.05, 4.69) is 14.8 Å². The van der Waals surface area contributed by atoms with Gasteiger partial charge in [0.15, 0.2) is 0 Å². The van der Waals surface area contributed by atoms with Gasteiger partial charge in [0.1, 0.15) is 23.0 Å². The van der Waals surface area contributed by atoms with Crippen LogP contribution in [0, 0.1) is 0 Å². The van der Waals surface area contributed by atoms with Gasteiger partial charge < -0.3 is 14.6 Å².